The van der Waals surface area contributed by atoms with Gasteiger partial charge in [-0.1, -0.05) is 251 Å². The third-order valence-corrected chi connectivity index (χ3v) is 11.0. The molecule has 0 aliphatic rings. The van der Waals surface area contributed by atoms with Crippen LogP contribution in [0.2, 0.25) is 0 Å². The molecule has 2 unspecified atom stereocenters. The van der Waals surface area contributed by atoms with Crippen LogP contribution in [0.3, 0.4) is 0 Å². The van der Waals surface area contributed by atoms with E-state index in [4.69, 9.17) is 0 Å². The van der Waals surface area contributed by atoms with Crippen molar-refractivity contribution >= 4 is 5.91 Å². The van der Waals surface area contributed by atoms with Gasteiger partial charge < -0.3 is 15.5 Å². The lowest BCUT2D eigenvalue weighted by Crippen LogP contribution is -2.45. The Morgan fingerprint density at radius 2 is 0.725 bits per heavy atom. The Morgan fingerprint density at radius 1 is 0.451 bits per heavy atom. The van der Waals surface area contributed by atoms with Gasteiger partial charge in [-0.15, -0.1) is 0 Å². The van der Waals surface area contributed by atoms with Crippen LogP contribution in [0.15, 0.2) is 12.2 Å². The van der Waals surface area contributed by atoms with Gasteiger partial charge in [0.1, 0.15) is 0 Å². The molecule has 0 heterocycles. The third kappa shape index (κ3) is 40.2. The molecule has 0 fully saturated rings. The van der Waals surface area contributed by atoms with Crippen molar-refractivity contribution in [2.24, 2.45) is 0 Å². The van der Waals surface area contributed by atoms with E-state index in [2.05, 4.69) is 19.2 Å². The van der Waals surface area contributed by atoms with Crippen LogP contribution in [0.4, 0.5) is 0 Å². The minimum Gasteiger partial charge on any atom is -0.394 e. The molecule has 0 saturated heterocycles. The smallest absolute Gasteiger partial charge is 0.220 e. The van der Waals surface area contributed by atoms with Crippen molar-refractivity contribution in [2.75, 3.05) is 6.61 Å². The highest BCUT2D eigenvalue weighted by Crippen LogP contribution is 2.17. The lowest BCUT2D eigenvalue weighted by molar-refractivity contribution is -0.123. The Labute approximate surface area is 320 Å². The lowest BCUT2D eigenvalue weighted by atomic mass is 10.0. The molecule has 3 N–H and O–H groups in total. The minimum absolute atomic E-state index is 0.0585. The average Bonchev–Trinajstić information content (AvgIpc) is 3.13. The molecule has 4 heteroatoms. The van der Waals surface area contributed by atoms with Crippen molar-refractivity contribution in [2.45, 2.75) is 276 Å². The normalized spacial score (nSPS) is 12.9. The fraction of sp³-hybridized carbons (Fsp3) is 0.936. The molecule has 4 nitrogen and oxygen atoms in total. The number of unbranched alkanes of at least 4 members (excludes halogenated alkanes) is 36. The lowest BCUT2D eigenvalue weighted by Gasteiger charge is -2.20. The van der Waals surface area contributed by atoms with Gasteiger partial charge in [-0.25, -0.2) is 0 Å². The Morgan fingerprint density at radius 3 is 1.02 bits per heavy atom. The van der Waals surface area contributed by atoms with Crippen LogP contribution < -0.4 is 5.32 Å². The standard InChI is InChI=1S/C47H93NO3/c1-3-5-7-9-11-13-15-17-19-21-23-24-25-26-28-30-32-34-36-38-40-42-46(50)45(44-49)48-47(51)43-41-39-37-35-33-31-29-27-22-20-18-16-14-12-10-8-6-4-2/h40,42,45-46,49-50H,3-39,41,43-44H2,1-2H3,(H,48,51)/b42-40+. The molecule has 0 bridgehead atoms. The Kier molecular flexibility index (Phi) is 42.8. The average molecular weight is 720 g/mol. The number of hydrogen-bond donors (Lipinski definition) is 3. The molecule has 0 spiro atoms. The van der Waals surface area contributed by atoms with Gasteiger partial charge in [0.2, 0.25) is 5.91 Å². The summed E-state index contributed by atoms with van der Waals surface area (Å²) in [6.07, 6.45) is 54.7. The fourth-order valence-corrected chi connectivity index (χ4v) is 7.42. The number of carbonyl (C=O) groups excluding carboxylic acids is 1. The van der Waals surface area contributed by atoms with Crippen molar-refractivity contribution in [1.29, 1.82) is 0 Å². The predicted molar refractivity (Wildman–Crippen MR) is 226 cm³/mol. The molecular weight excluding hydrogens is 627 g/mol. The maximum Gasteiger partial charge on any atom is 0.220 e. The molecule has 0 aromatic carbocycles. The molecule has 0 aliphatic heterocycles. The molecule has 0 rings (SSSR count). The molecular formula is C47H93NO3. The third-order valence-electron chi connectivity index (χ3n) is 11.0. The van der Waals surface area contributed by atoms with Gasteiger partial charge in [-0.05, 0) is 19.3 Å². The number of aliphatic hydroxyl groups is 2. The topological polar surface area (TPSA) is 69.6 Å². The number of rotatable bonds is 43. The Hall–Kier alpha value is -0.870. The first-order valence-electron chi connectivity index (χ1n) is 23.4. The zero-order valence-electron chi connectivity index (χ0n) is 34.9. The van der Waals surface area contributed by atoms with E-state index in [9.17, 15) is 15.0 Å². The summed E-state index contributed by atoms with van der Waals surface area (Å²) in [6.45, 7) is 4.34. The zero-order valence-corrected chi connectivity index (χ0v) is 34.9. The molecule has 0 aromatic rings. The molecule has 304 valence electrons. The SMILES string of the molecule is CCCCCCCCCCCCCCCCCCCCC/C=C/C(O)C(CO)NC(=O)CCCCCCCCCCCCCCCCCCCC. The van der Waals surface area contributed by atoms with Gasteiger partial charge in [0.05, 0.1) is 18.8 Å². The van der Waals surface area contributed by atoms with Crippen LogP contribution in [0.5, 0.6) is 0 Å². The van der Waals surface area contributed by atoms with E-state index >= 15 is 0 Å². The van der Waals surface area contributed by atoms with Crippen molar-refractivity contribution in [3.8, 4) is 0 Å². The van der Waals surface area contributed by atoms with Crippen LogP contribution in [0.1, 0.15) is 264 Å². The largest absolute Gasteiger partial charge is 0.394 e. The van der Waals surface area contributed by atoms with E-state index in [1.165, 1.54) is 218 Å². The molecule has 0 radical (unpaired) electrons. The first-order valence-corrected chi connectivity index (χ1v) is 23.4. The number of amides is 1. The highest BCUT2D eigenvalue weighted by Gasteiger charge is 2.18. The summed E-state index contributed by atoms with van der Waals surface area (Å²) in [5, 5.41) is 23.1. The predicted octanol–water partition coefficient (Wildman–Crippen LogP) is 14.6. The first-order chi connectivity index (χ1) is 25.2. The van der Waals surface area contributed by atoms with Crippen LogP contribution in [0.25, 0.3) is 0 Å². The van der Waals surface area contributed by atoms with Crippen molar-refractivity contribution in [1.82, 2.24) is 5.32 Å². The summed E-state index contributed by atoms with van der Waals surface area (Å²) in [6, 6.07) is -0.616. The number of aliphatic hydroxyl groups excluding tert-OH is 2. The summed E-state index contributed by atoms with van der Waals surface area (Å²) < 4.78 is 0. The van der Waals surface area contributed by atoms with E-state index in [0.717, 1.165) is 25.7 Å². The number of allylic oxidation sites excluding steroid dienone is 1. The quantitative estimate of drug-likeness (QED) is 0.0434. The highest BCUT2D eigenvalue weighted by molar-refractivity contribution is 5.76. The second-order valence-electron chi connectivity index (χ2n) is 16.2. The van der Waals surface area contributed by atoms with Crippen LogP contribution in [0, 0.1) is 0 Å². The summed E-state index contributed by atoms with van der Waals surface area (Å²) in [5.41, 5.74) is 0. The van der Waals surface area contributed by atoms with Crippen molar-refractivity contribution in [3.63, 3.8) is 0 Å². The maximum atomic E-state index is 12.4. The van der Waals surface area contributed by atoms with E-state index in [0.29, 0.717) is 6.42 Å². The van der Waals surface area contributed by atoms with Crippen LogP contribution in [-0.2, 0) is 4.79 Å². The molecule has 0 aliphatic carbocycles. The van der Waals surface area contributed by atoms with Crippen LogP contribution in [-0.4, -0.2) is 34.9 Å². The molecule has 0 saturated carbocycles. The van der Waals surface area contributed by atoms with Crippen molar-refractivity contribution in [3.05, 3.63) is 12.2 Å². The minimum atomic E-state index is -0.834. The van der Waals surface area contributed by atoms with E-state index in [-0.39, 0.29) is 12.5 Å². The number of carbonyl (C=O) groups is 1. The second kappa shape index (κ2) is 43.5. The van der Waals surface area contributed by atoms with Gasteiger partial charge in [0.15, 0.2) is 0 Å². The van der Waals surface area contributed by atoms with Gasteiger partial charge in [0, 0.05) is 6.42 Å². The summed E-state index contributed by atoms with van der Waals surface area (Å²) in [5.74, 6) is -0.0585. The molecule has 51 heavy (non-hydrogen) atoms. The molecule has 0 aromatic heterocycles. The summed E-state index contributed by atoms with van der Waals surface area (Å²) >= 11 is 0. The van der Waals surface area contributed by atoms with Gasteiger partial charge in [-0.2, -0.15) is 0 Å². The van der Waals surface area contributed by atoms with E-state index in [1.807, 2.05) is 6.08 Å². The molecule has 2 atom stereocenters. The van der Waals surface area contributed by atoms with E-state index in [1.54, 1.807) is 6.08 Å². The van der Waals surface area contributed by atoms with Gasteiger partial charge in [0.25, 0.3) is 0 Å². The van der Waals surface area contributed by atoms with E-state index < -0.39 is 12.1 Å². The zero-order chi connectivity index (χ0) is 37.1. The Bertz CT molecular complexity index is 695. The van der Waals surface area contributed by atoms with Crippen molar-refractivity contribution < 1.29 is 15.0 Å². The van der Waals surface area contributed by atoms with Gasteiger partial charge >= 0.3 is 0 Å². The fourth-order valence-electron chi connectivity index (χ4n) is 7.42. The first kappa shape index (κ1) is 50.1. The summed E-state index contributed by atoms with van der Waals surface area (Å²) in [4.78, 5) is 12.4. The monoisotopic (exact) mass is 720 g/mol. The highest BCUT2D eigenvalue weighted by atomic mass is 16.3. The van der Waals surface area contributed by atoms with Crippen LogP contribution >= 0.6 is 0 Å². The maximum absolute atomic E-state index is 12.4. The number of nitrogens with one attached hydrogen (secondary N) is 1. The second-order valence-corrected chi connectivity index (χ2v) is 16.2. The number of hydrogen-bond acceptors (Lipinski definition) is 3. The van der Waals surface area contributed by atoms with Gasteiger partial charge in [-0.3, -0.25) is 4.79 Å². The Balaban J connectivity index is 3.51. The molecule has 1 amide bonds. The summed E-state index contributed by atoms with van der Waals surface area (Å²) in [7, 11) is 0.